The molecule has 1 aliphatic carbocycles. The van der Waals surface area contributed by atoms with Crippen LogP contribution >= 0.6 is 0 Å². The largest absolute Gasteiger partial charge is 0.339 e. The number of nitrogens with zero attached hydrogens (tertiary/aromatic N) is 5. The molecular formula is C15H19N5O. The average Bonchev–Trinajstić information content (AvgIpc) is 3.09. The quantitative estimate of drug-likeness (QED) is 0.866. The summed E-state index contributed by atoms with van der Waals surface area (Å²) < 4.78 is 1.55. The molecule has 1 fully saturated rings. The molecule has 21 heavy (non-hydrogen) atoms. The molecule has 0 aliphatic heterocycles. The van der Waals surface area contributed by atoms with E-state index in [1.807, 2.05) is 36.2 Å². The van der Waals surface area contributed by atoms with E-state index >= 15 is 0 Å². The minimum absolute atomic E-state index is 0.0665. The molecule has 110 valence electrons. The Morgan fingerprint density at radius 3 is 2.81 bits per heavy atom. The van der Waals surface area contributed by atoms with Crippen LogP contribution in [0.1, 0.15) is 42.5 Å². The van der Waals surface area contributed by atoms with Crippen LogP contribution in [0.4, 0.5) is 0 Å². The molecule has 0 saturated heterocycles. The summed E-state index contributed by atoms with van der Waals surface area (Å²) in [5.74, 6) is 0.0665. The Morgan fingerprint density at radius 1 is 1.29 bits per heavy atom. The van der Waals surface area contributed by atoms with Crippen molar-refractivity contribution in [1.29, 1.82) is 0 Å². The molecule has 0 spiro atoms. The van der Waals surface area contributed by atoms with Crippen LogP contribution in [-0.2, 0) is 0 Å². The van der Waals surface area contributed by atoms with Gasteiger partial charge in [-0.1, -0.05) is 25.3 Å². The third-order valence-electron chi connectivity index (χ3n) is 4.15. The predicted molar refractivity (Wildman–Crippen MR) is 78.1 cm³/mol. The Labute approximate surface area is 123 Å². The van der Waals surface area contributed by atoms with Gasteiger partial charge in [-0.15, -0.1) is 5.10 Å². The van der Waals surface area contributed by atoms with Gasteiger partial charge in [0.25, 0.3) is 5.91 Å². The van der Waals surface area contributed by atoms with Gasteiger partial charge in [-0.05, 0) is 41.5 Å². The number of amides is 1. The van der Waals surface area contributed by atoms with E-state index in [0.717, 1.165) is 18.5 Å². The lowest BCUT2D eigenvalue weighted by atomic mass is 9.94. The fourth-order valence-electron chi connectivity index (χ4n) is 2.90. The third kappa shape index (κ3) is 2.94. The highest BCUT2D eigenvalue weighted by Gasteiger charge is 2.23. The molecule has 1 aromatic heterocycles. The molecule has 3 rings (SSSR count). The van der Waals surface area contributed by atoms with Crippen molar-refractivity contribution in [2.75, 3.05) is 7.05 Å². The van der Waals surface area contributed by atoms with Crippen LogP contribution in [0.3, 0.4) is 0 Å². The van der Waals surface area contributed by atoms with Gasteiger partial charge < -0.3 is 4.90 Å². The van der Waals surface area contributed by atoms with Gasteiger partial charge in [-0.25, -0.2) is 4.68 Å². The molecule has 0 unspecified atom stereocenters. The monoisotopic (exact) mass is 285 g/mol. The average molecular weight is 285 g/mol. The first-order chi connectivity index (χ1) is 10.3. The van der Waals surface area contributed by atoms with Crippen molar-refractivity contribution in [3.05, 3.63) is 36.2 Å². The maximum Gasteiger partial charge on any atom is 0.253 e. The van der Waals surface area contributed by atoms with Crippen LogP contribution in [0.2, 0.25) is 0 Å². The van der Waals surface area contributed by atoms with Gasteiger partial charge in [0.15, 0.2) is 0 Å². The molecule has 1 aliphatic rings. The molecule has 1 aromatic carbocycles. The molecule has 0 atom stereocenters. The van der Waals surface area contributed by atoms with E-state index in [9.17, 15) is 4.79 Å². The zero-order valence-electron chi connectivity index (χ0n) is 12.1. The fourth-order valence-corrected chi connectivity index (χ4v) is 2.90. The van der Waals surface area contributed by atoms with E-state index in [0.29, 0.717) is 11.6 Å². The zero-order valence-corrected chi connectivity index (χ0v) is 12.1. The summed E-state index contributed by atoms with van der Waals surface area (Å²) in [6, 6.07) is 7.78. The van der Waals surface area contributed by atoms with Crippen molar-refractivity contribution in [1.82, 2.24) is 25.1 Å². The lowest BCUT2D eigenvalue weighted by Gasteiger charge is -2.31. The molecule has 0 bridgehead atoms. The second kappa shape index (κ2) is 6.03. The maximum atomic E-state index is 12.6. The summed E-state index contributed by atoms with van der Waals surface area (Å²) in [7, 11) is 1.90. The van der Waals surface area contributed by atoms with Gasteiger partial charge in [0.05, 0.1) is 5.69 Å². The lowest BCUT2D eigenvalue weighted by molar-refractivity contribution is 0.0696. The van der Waals surface area contributed by atoms with E-state index in [1.165, 1.54) is 25.6 Å². The Kier molecular flexibility index (Phi) is 3.94. The Balaban J connectivity index is 1.79. The SMILES string of the molecule is CN(C(=O)c1cccc(-n2cnnn2)c1)C1CCCCC1. The molecule has 0 N–H and O–H groups in total. The Morgan fingerprint density at radius 2 is 2.10 bits per heavy atom. The van der Waals surface area contributed by atoms with Gasteiger partial charge in [-0.3, -0.25) is 4.79 Å². The second-order valence-electron chi connectivity index (χ2n) is 5.51. The van der Waals surface area contributed by atoms with Crippen molar-refractivity contribution >= 4 is 5.91 Å². The first kappa shape index (κ1) is 13.7. The van der Waals surface area contributed by atoms with Crippen molar-refractivity contribution in [3.63, 3.8) is 0 Å². The number of tetrazole rings is 1. The summed E-state index contributed by atoms with van der Waals surface area (Å²) >= 11 is 0. The molecule has 6 nitrogen and oxygen atoms in total. The van der Waals surface area contributed by atoms with Crippen molar-refractivity contribution in [2.45, 2.75) is 38.1 Å². The van der Waals surface area contributed by atoms with Crippen LogP contribution < -0.4 is 0 Å². The van der Waals surface area contributed by atoms with E-state index in [4.69, 9.17) is 0 Å². The maximum absolute atomic E-state index is 12.6. The number of rotatable bonds is 3. The number of carbonyl (C=O) groups excluding carboxylic acids is 1. The highest BCUT2D eigenvalue weighted by atomic mass is 16.2. The standard InChI is InChI=1S/C15H19N5O/c1-19(13-7-3-2-4-8-13)15(21)12-6-5-9-14(10-12)20-11-16-17-18-20/h5-6,9-11,13H,2-4,7-8H2,1H3. The van der Waals surface area contributed by atoms with Crippen molar-refractivity contribution in [2.24, 2.45) is 0 Å². The topological polar surface area (TPSA) is 63.9 Å². The number of hydrogen-bond acceptors (Lipinski definition) is 4. The number of carbonyl (C=O) groups is 1. The van der Waals surface area contributed by atoms with E-state index in [1.54, 1.807) is 4.68 Å². The fraction of sp³-hybridized carbons (Fsp3) is 0.467. The molecule has 1 heterocycles. The van der Waals surface area contributed by atoms with Crippen molar-refractivity contribution < 1.29 is 4.79 Å². The third-order valence-corrected chi connectivity index (χ3v) is 4.15. The van der Waals surface area contributed by atoms with Crippen molar-refractivity contribution in [3.8, 4) is 5.69 Å². The van der Waals surface area contributed by atoms with E-state index in [2.05, 4.69) is 15.5 Å². The van der Waals surface area contributed by atoms with Crippen LogP contribution in [0.25, 0.3) is 5.69 Å². The highest BCUT2D eigenvalue weighted by Crippen LogP contribution is 2.23. The molecule has 1 saturated carbocycles. The van der Waals surface area contributed by atoms with Gasteiger partial charge in [0.2, 0.25) is 0 Å². The van der Waals surface area contributed by atoms with Crippen LogP contribution in [-0.4, -0.2) is 44.1 Å². The number of hydrogen-bond donors (Lipinski definition) is 0. The summed E-state index contributed by atoms with van der Waals surface area (Å²) in [6.07, 6.45) is 7.45. The first-order valence-electron chi connectivity index (χ1n) is 7.36. The normalized spacial score (nSPS) is 15.9. The van der Waals surface area contributed by atoms with Gasteiger partial charge in [-0.2, -0.15) is 0 Å². The molecule has 6 heteroatoms. The van der Waals surface area contributed by atoms with E-state index in [-0.39, 0.29) is 5.91 Å². The molecule has 1 amide bonds. The highest BCUT2D eigenvalue weighted by molar-refractivity contribution is 5.94. The Hall–Kier alpha value is -2.24. The van der Waals surface area contributed by atoms with Crippen LogP contribution in [0.5, 0.6) is 0 Å². The van der Waals surface area contributed by atoms with Crippen LogP contribution in [0.15, 0.2) is 30.6 Å². The summed E-state index contributed by atoms with van der Waals surface area (Å²) in [5, 5.41) is 11.1. The summed E-state index contributed by atoms with van der Waals surface area (Å²) in [5.41, 5.74) is 1.47. The summed E-state index contributed by atoms with van der Waals surface area (Å²) in [4.78, 5) is 14.5. The van der Waals surface area contributed by atoms with Gasteiger partial charge in [0, 0.05) is 18.7 Å². The minimum Gasteiger partial charge on any atom is -0.339 e. The van der Waals surface area contributed by atoms with Gasteiger partial charge >= 0.3 is 0 Å². The molecule has 2 aromatic rings. The summed E-state index contributed by atoms with van der Waals surface area (Å²) in [6.45, 7) is 0. The van der Waals surface area contributed by atoms with Gasteiger partial charge in [0.1, 0.15) is 6.33 Å². The predicted octanol–water partition coefficient (Wildman–Crippen LogP) is 2.07. The number of benzene rings is 1. The van der Waals surface area contributed by atoms with E-state index < -0.39 is 0 Å². The second-order valence-corrected chi connectivity index (χ2v) is 5.51. The Bertz CT molecular complexity index is 604. The first-order valence-corrected chi connectivity index (χ1v) is 7.36. The van der Waals surface area contributed by atoms with Crippen LogP contribution in [0, 0.1) is 0 Å². The zero-order chi connectivity index (χ0) is 14.7. The molecule has 0 radical (unpaired) electrons. The minimum atomic E-state index is 0.0665. The lowest BCUT2D eigenvalue weighted by Crippen LogP contribution is -2.38. The number of aromatic nitrogens is 4. The smallest absolute Gasteiger partial charge is 0.253 e. The molecular weight excluding hydrogens is 266 g/mol.